The molecule has 0 amide bonds. The Balaban J connectivity index is 1.49. The molecule has 3 aromatic heterocycles. The number of hydrogen-bond donors (Lipinski definition) is 0. The first-order valence-corrected chi connectivity index (χ1v) is 16.5. The molecule has 0 spiro atoms. The molecule has 5 aromatic rings. The van der Waals surface area contributed by atoms with Crippen molar-refractivity contribution in [1.29, 1.82) is 0 Å². The van der Waals surface area contributed by atoms with Crippen molar-refractivity contribution in [2.75, 3.05) is 0 Å². The Labute approximate surface area is 226 Å². The number of hydrogen-bond acceptors (Lipinski definition) is 2. The van der Waals surface area contributed by atoms with Gasteiger partial charge in [0, 0.05) is 0 Å². The van der Waals surface area contributed by atoms with Crippen LogP contribution in [0.3, 0.4) is 0 Å². The fourth-order valence-electron chi connectivity index (χ4n) is 3.97. The van der Waals surface area contributed by atoms with Crippen LogP contribution in [0.2, 0.25) is 0 Å². The summed E-state index contributed by atoms with van der Waals surface area (Å²) in [5.74, 6) is 0. The Morgan fingerprint density at radius 3 is 1.57 bits per heavy atom. The first-order chi connectivity index (χ1) is 17.3. The summed E-state index contributed by atoms with van der Waals surface area (Å²) in [7, 11) is 0. The van der Waals surface area contributed by atoms with E-state index in [1.54, 1.807) is 0 Å². The minimum atomic E-state index is 0.260. The second-order valence-corrected chi connectivity index (χ2v) is 14.5. The third-order valence-electron chi connectivity index (χ3n) is 5.61. The normalized spacial score (nSPS) is 13.3. The molecule has 1 aliphatic heterocycles. The first kappa shape index (κ1) is 22.9. The average molecular weight is 616 g/mol. The quantitative estimate of drug-likeness (QED) is 0.174. The van der Waals surface area contributed by atoms with Crippen LogP contribution in [0.15, 0.2) is 126 Å². The summed E-state index contributed by atoms with van der Waals surface area (Å²) in [6.45, 7) is 0. The van der Waals surface area contributed by atoms with E-state index in [9.17, 15) is 0 Å². The van der Waals surface area contributed by atoms with Crippen LogP contribution in [-0.4, -0.2) is 29.5 Å². The van der Waals surface area contributed by atoms with Gasteiger partial charge in [0.15, 0.2) is 0 Å². The molecule has 0 N–H and O–H groups in total. The second kappa shape index (κ2) is 10.6. The van der Waals surface area contributed by atoms with E-state index in [0.29, 0.717) is 15.0 Å². The third kappa shape index (κ3) is 5.34. The summed E-state index contributed by atoms with van der Waals surface area (Å²) in [4.78, 5) is 2.77. The van der Waals surface area contributed by atoms with Crippen molar-refractivity contribution in [1.82, 2.24) is 0 Å². The van der Waals surface area contributed by atoms with E-state index < -0.39 is 0 Å². The van der Waals surface area contributed by atoms with Crippen LogP contribution in [0.4, 0.5) is 0 Å². The average Bonchev–Trinajstić information content (AvgIpc) is 3.65. The summed E-state index contributed by atoms with van der Waals surface area (Å²) >= 11 is 4.25. The molecule has 1 aliphatic rings. The molecule has 0 saturated heterocycles. The number of rotatable bonds is 5. The van der Waals surface area contributed by atoms with Gasteiger partial charge in [0.25, 0.3) is 0 Å². The van der Waals surface area contributed by atoms with Gasteiger partial charge in [0.1, 0.15) is 0 Å². The van der Waals surface area contributed by atoms with E-state index in [1.807, 2.05) is 22.7 Å². The molecule has 2 aromatic carbocycles. The molecule has 0 bridgehead atoms. The maximum atomic E-state index is 2.40. The van der Waals surface area contributed by atoms with Gasteiger partial charge >= 0.3 is 228 Å². The van der Waals surface area contributed by atoms with Crippen molar-refractivity contribution < 1.29 is 0 Å². The zero-order valence-corrected chi connectivity index (χ0v) is 23.8. The first-order valence-electron chi connectivity index (χ1n) is 11.3. The summed E-state index contributed by atoms with van der Waals surface area (Å²) in [5.41, 5.74) is 5.19. The van der Waals surface area contributed by atoms with Gasteiger partial charge in [-0.1, -0.05) is 0 Å². The molecule has 6 rings (SSSR count). The molecule has 0 fully saturated rings. The van der Waals surface area contributed by atoms with Crippen LogP contribution in [0.5, 0.6) is 0 Å². The van der Waals surface area contributed by atoms with Crippen LogP contribution >= 0.6 is 22.7 Å². The fraction of sp³-hybridized carbons (Fsp3) is 0. The van der Waals surface area contributed by atoms with Crippen LogP contribution in [0.1, 0.15) is 15.3 Å². The van der Waals surface area contributed by atoms with Gasteiger partial charge in [-0.15, -0.1) is 0 Å². The zero-order chi connectivity index (χ0) is 23.5. The summed E-state index contributed by atoms with van der Waals surface area (Å²) in [6.07, 6.45) is 7.18. The molecule has 168 valence electrons. The predicted molar refractivity (Wildman–Crippen MR) is 157 cm³/mol. The SMILES string of the molecule is C(=C1C=C(c2cccs2)[Se]C(c2cccs2)=C1)c1cc(-c2ccccc2)[se+]c(-c2ccccc2)c1. The van der Waals surface area contributed by atoms with E-state index in [0.717, 1.165) is 0 Å². The molecule has 0 nitrogen and oxygen atoms in total. The molecule has 0 saturated carbocycles. The van der Waals surface area contributed by atoms with Crippen molar-refractivity contribution in [3.05, 3.63) is 141 Å². The van der Waals surface area contributed by atoms with Gasteiger partial charge < -0.3 is 0 Å². The Bertz CT molecular complexity index is 1420. The number of thiophene rings is 2. The second-order valence-electron chi connectivity index (χ2n) is 8.07. The van der Waals surface area contributed by atoms with Crippen molar-refractivity contribution in [2.24, 2.45) is 0 Å². The van der Waals surface area contributed by atoms with Gasteiger partial charge in [-0.25, -0.2) is 0 Å². The molecule has 4 heteroatoms. The Morgan fingerprint density at radius 2 is 1.11 bits per heavy atom. The van der Waals surface area contributed by atoms with Crippen molar-refractivity contribution >= 4 is 67.2 Å². The molecule has 35 heavy (non-hydrogen) atoms. The molecule has 0 radical (unpaired) electrons. The van der Waals surface area contributed by atoms with Crippen LogP contribution in [0, 0.1) is 0 Å². The van der Waals surface area contributed by atoms with Crippen LogP contribution < -0.4 is 0 Å². The third-order valence-corrected chi connectivity index (χ3v) is 12.7. The number of benzene rings is 2. The van der Waals surface area contributed by atoms with E-state index in [4.69, 9.17) is 0 Å². The van der Waals surface area contributed by atoms with Crippen LogP contribution in [-0.2, 0) is 0 Å². The van der Waals surface area contributed by atoms with Crippen LogP contribution in [0.25, 0.3) is 35.0 Å². The Morgan fingerprint density at radius 1 is 0.600 bits per heavy atom. The Hall–Kier alpha value is -2.55. The van der Waals surface area contributed by atoms with Crippen molar-refractivity contribution in [3.63, 3.8) is 0 Å². The fourth-order valence-corrected chi connectivity index (χ4v) is 10.7. The molecular weight excluding hydrogens is 594 g/mol. The van der Waals surface area contributed by atoms with E-state index in [2.05, 4.69) is 126 Å². The molecule has 0 atom stereocenters. The summed E-state index contributed by atoms with van der Waals surface area (Å²) in [5, 5.41) is 4.36. The topological polar surface area (TPSA) is 0 Å². The minimum absolute atomic E-state index is 0.260. The van der Waals surface area contributed by atoms with Crippen molar-refractivity contribution in [3.8, 4) is 20.0 Å². The maximum absolute atomic E-state index is 2.40. The van der Waals surface area contributed by atoms with E-state index in [-0.39, 0.29) is 14.5 Å². The van der Waals surface area contributed by atoms with Gasteiger partial charge in [0.05, 0.1) is 0 Å². The molecule has 0 unspecified atom stereocenters. The van der Waals surface area contributed by atoms with Crippen molar-refractivity contribution in [2.45, 2.75) is 0 Å². The van der Waals surface area contributed by atoms with E-state index in [1.165, 1.54) is 49.8 Å². The van der Waals surface area contributed by atoms with Gasteiger partial charge in [-0.3, -0.25) is 0 Å². The molecular formula is C31H21S2Se2+. The van der Waals surface area contributed by atoms with Gasteiger partial charge in [-0.2, -0.15) is 0 Å². The summed E-state index contributed by atoms with van der Waals surface area (Å²) < 4.78 is 5.78. The van der Waals surface area contributed by atoms with E-state index >= 15 is 0 Å². The summed E-state index contributed by atoms with van der Waals surface area (Å²) in [6, 6.07) is 35.3. The monoisotopic (exact) mass is 617 g/mol. The molecule has 0 aliphatic carbocycles. The van der Waals surface area contributed by atoms with Gasteiger partial charge in [-0.05, 0) is 0 Å². The van der Waals surface area contributed by atoms with Gasteiger partial charge in [0.2, 0.25) is 0 Å². The standard InChI is InChI=1S/C31H21S2Se2/c1-3-9-24(10-4-1)28-18-22(19-29(34-28)25-11-5-2-6-12-25)17-23-20-30(26-13-7-15-32-26)35-31(21-23)27-14-8-16-33-27/h1-21H/q+1. The predicted octanol–water partition coefficient (Wildman–Crippen LogP) is 8.67. The number of allylic oxidation sites excluding steroid dienone is 3. The molecule has 4 heterocycles. The zero-order valence-electron chi connectivity index (χ0n) is 18.8. The Kier molecular flexibility index (Phi) is 6.93.